The molecule has 1 aliphatic rings. The Morgan fingerprint density at radius 1 is 1.25 bits per heavy atom. The first-order valence-electron chi connectivity index (χ1n) is 9.41. The quantitative estimate of drug-likeness (QED) is 0.695. The topological polar surface area (TPSA) is 69.0 Å². The molecule has 1 fully saturated rings. The van der Waals surface area contributed by atoms with Crippen LogP contribution < -0.4 is 10.1 Å². The van der Waals surface area contributed by atoms with Crippen molar-refractivity contribution >= 4 is 11.6 Å². The number of carbonyl (C=O) groups excluding carboxylic acids is 1. The molecule has 0 radical (unpaired) electrons. The zero-order valence-electron chi connectivity index (χ0n) is 15.6. The van der Waals surface area contributed by atoms with E-state index < -0.39 is 0 Å². The summed E-state index contributed by atoms with van der Waals surface area (Å²) in [7, 11) is 0. The summed E-state index contributed by atoms with van der Waals surface area (Å²) in [6, 6.07) is 13.7. The van der Waals surface area contributed by atoms with Gasteiger partial charge >= 0.3 is 6.01 Å². The number of amides is 1. The van der Waals surface area contributed by atoms with E-state index in [0.717, 1.165) is 24.9 Å². The molecule has 0 spiro atoms. The Balaban J connectivity index is 1.68. The molecule has 4 rings (SSSR count). The molecule has 0 bridgehead atoms. The summed E-state index contributed by atoms with van der Waals surface area (Å²) in [5.74, 6) is 0.372. The summed E-state index contributed by atoms with van der Waals surface area (Å²) < 4.78 is 20.4. The fourth-order valence-corrected chi connectivity index (χ4v) is 3.08. The monoisotopic (exact) mass is 380 g/mol. The van der Waals surface area contributed by atoms with E-state index in [1.165, 1.54) is 12.1 Å². The first kappa shape index (κ1) is 18.2. The van der Waals surface area contributed by atoms with Crippen molar-refractivity contribution in [3.8, 4) is 23.1 Å². The first-order valence-corrected chi connectivity index (χ1v) is 9.41. The fraction of sp³-hybridized carbons (Fsp3) is 0.286. The maximum Gasteiger partial charge on any atom is 0.336 e. The van der Waals surface area contributed by atoms with Gasteiger partial charge in [0.2, 0.25) is 5.91 Å². The maximum atomic E-state index is 13.3. The minimum Gasteiger partial charge on any atom is -0.463 e. The zero-order chi connectivity index (χ0) is 19.5. The molecule has 1 amide bonds. The average Bonchev–Trinajstić information content (AvgIpc) is 3.05. The van der Waals surface area contributed by atoms with Crippen molar-refractivity contribution in [2.45, 2.75) is 26.2 Å². The largest absolute Gasteiger partial charge is 0.463 e. The molecule has 6 nitrogen and oxygen atoms in total. The van der Waals surface area contributed by atoms with Crippen molar-refractivity contribution < 1.29 is 13.9 Å². The molecule has 1 aromatic heterocycles. The number of nitrogens with zero attached hydrogens (tertiary/aromatic N) is 3. The van der Waals surface area contributed by atoms with Crippen molar-refractivity contribution in [1.29, 1.82) is 0 Å². The number of nitrogens with one attached hydrogen (secondary N) is 1. The average molecular weight is 380 g/mol. The lowest BCUT2D eigenvalue weighted by molar-refractivity contribution is -0.122. The second-order valence-corrected chi connectivity index (χ2v) is 6.74. The Hall–Kier alpha value is -3.22. The van der Waals surface area contributed by atoms with Gasteiger partial charge in [0.25, 0.3) is 0 Å². The Kier molecular flexibility index (Phi) is 5.06. The highest BCUT2D eigenvalue weighted by atomic mass is 19.1. The van der Waals surface area contributed by atoms with Gasteiger partial charge in [-0.2, -0.15) is 4.98 Å². The molecule has 0 aliphatic heterocycles. The third-order valence-corrected chi connectivity index (χ3v) is 4.80. The number of hydrogen-bond donors (Lipinski definition) is 1. The van der Waals surface area contributed by atoms with Gasteiger partial charge in [-0.05, 0) is 62.2 Å². The van der Waals surface area contributed by atoms with Crippen LogP contribution in [0, 0.1) is 11.7 Å². The third-order valence-electron chi connectivity index (χ3n) is 4.80. The molecule has 1 saturated carbocycles. The van der Waals surface area contributed by atoms with Crippen molar-refractivity contribution in [2.75, 3.05) is 11.9 Å². The van der Waals surface area contributed by atoms with Crippen molar-refractivity contribution in [3.63, 3.8) is 0 Å². The van der Waals surface area contributed by atoms with Crippen LogP contribution in [0.4, 0.5) is 10.1 Å². The van der Waals surface area contributed by atoms with Gasteiger partial charge in [0.15, 0.2) is 5.82 Å². The summed E-state index contributed by atoms with van der Waals surface area (Å²) >= 11 is 0. The van der Waals surface area contributed by atoms with Gasteiger partial charge in [-0.15, -0.1) is 5.10 Å². The number of benzene rings is 2. The van der Waals surface area contributed by atoms with E-state index in [-0.39, 0.29) is 23.7 Å². The third kappa shape index (κ3) is 3.74. The van der Waals surface area contributed by atoms with Gasteiger partial charge in [0.05, 0.1) is 12.3 Å². The van der Waals surface area contributed by atoms with Crippen LogP contribution in [0.2, 0.25) is 0 Å². The molecular weight excluding hydrogens is 359 g/mol. The highest BCUT2D eigenvalue weighted by Crippen LogP contribution is 2.29. The van der Waals surface area contributed by atoms with Gasteiger partial charge in [-0.3, -0.25) is 4.79 Å². The minimum atomic E-state index is -0.319. The Morgan fingerprint density at radius 2 is 2.04 bits per heavy atom. The number of halogens is 1. The van der Waals surface area contributed by atoms with E-state index in [4.69, 9.17) is 4.74 Å². The molecule has 0 atom stereocenters. The summed E-state index contributed by atoms with van der Waals surface area (Å²) in [6.45, 7) is 2.29. The summed E-state index contributed by atoms with van der Waals surface area (Å²) in [5.41, 5.74) is 2.14. The predicted molar refractivity (Wildman–Crippen MR) is 104 cm³/mol. The van der Waals surface area contributed by atoms with E-state index in [0.29, 0.717) is 23.7 Å². The van der Waals surface area contributed by atoms with Crippen LogP contribution in [0.3, 0.4) is 0 Å². The van der Waals surface area contributed by atoms with Crippen molar-refractivity contribution in [2.24, 2.45) is 5.92 Å². The number of anilines is 1. The summed E-state index contributed by atoms with van der Waals surface area (Å²) in [4.78, 5) is 16.7. The number of carbonyl (C=O) groups is 1. The van der Waals surface area contributed by atoms with Gasteiger partial charge < -0.3 is 10.1 Å². The molecule has 28 heavy (non-hydrogen) atoms. The van der Waals surface area contributed by atoms with E-state index in [1.54, 1.807) is 16.8 Å². The van der Waals surface area contributed by atoms with Gasteiger partial charge in [0, 0.05) is 17.2 Å². The van der Waals surface area contributed by atoms with Crippen LogP contribution >= 0.6 is 0 Å². The van der Waals surface area contributed by atoms with Gasteiger partial charge in [0.1, 0.15) is 5.82 Å². The lowest BCUT2D eigenvalue weighted by atomic mass is 9.85. The number of aromatic nitrogens is 3. The molecule has 144 valence electrons. The lowest BCUT2D eigenvalue weighted by Gasteiger charge is -2.24. The first-order chi connectivity index (χ1) is 13.6. The second kappa shape index (κ2) is 7.80. The van der Waals surface area contributed by atoms with Crippen LogP contribution in [0.1, 0.15) is 26.2 Å². The molecule has 1 aliphatic carbocycles. The van der Waals surface area contributed by atoms with Crippen LogP contribution in [0.15, 0.2) is 48.5 Å². The second-order valence-electron chi connectivity index (χ2n) is 6.74. The fourth-order valence-electron chi connectivity index (χ4n) is 3.08. The highest BCUT2D eigenvalue weighted by molar-refractivity contribution is 5.93. The van der Waals surface area contributed by atoms with E-state index in [1.807, 2.05) is 31.2 Å². The van der Waals surface area contributed by atoms with Gasteiger partial charge in [-0.1, -0.05) is 12.5 Å². The van der Waals surface area contributed by atoms with Crippen LogP contribution in [0.25, 0.3) is 17.1 Å². The van der Waals surface area contributed by atoms with Crippen LogP contribution in [-0.4, -0.2) is 27.3 Å². The molecule has 7 heteroatoms. The summed E-state index contributed by atoms with van der Waals surface area (Å²) in [5, 5.41) is 7.40. The molecule has 2 aromatic carbocycles. The van der Waals surface area contributed by atoms with Gasteiger partial charge in [-0.25, -0.2) is 9.07 Å². The maximum absolute atomic E-state index is 13.3. The summed E-state index contributed by atoms with van der Waals surface area (Å²) in [6.07, 6.45) is 3.00. The molecule has 0 unspecified atom stereocenters. The zero-order valence-corrected chi connectivity index (χ0v) is 15.6. The minimum absolute atomic E-state index is 0.0516. The van der Waals surface area contributed by atoms with E-state index in [2.05, 4.69) is 15.4 Å². The number of rotatable bonds is 6. The Bertz CT molecular complexity index is 980. The molecule has 0 saturated heterocycles. The molecule has 1 N–H and O–H groups in total. The lowest BCUT2D eigenvalue weighted by Crippen LogP contribution is -2.28. The van der Waals surface area contributed by atoms with Crippen molar-refractivity contribution in [1.82, 2.24) is 14.8 Å². The number of ether oxygens (including phenoxy) is 1. The Morgan fingerprint density at radius 3 is 2.71 bits per heavy atom. The predicted octanol–water partition coefficient (Wildman–Crippen LogP) is 4.21. The Labute approximate surface area is 162 Å². The molecule has 3 aromatic rings. The van der Waals surface area contributed by atoms with E-state index in [9.17, 15) is 9.18 Å². The SMILES string of the molecule is CCOc1nc(-c2ccc(F)cc2)n(-c2cccc(NC(=O)C3CCC3)c2)n1. The van der Waals surface area contributed by atoms with Crippen LogP contribution in [0.5, 0.6) is 6.01 Å². The smallest absolute Gasteiger partial charge is 0.336 e. The highest BCUT2D eigenvalue weighted by Gasteiger charge is 2.25. The molecular formula is C21H21FN4O2. The molecule has 1 heterocycles. The van der Waals surface area contributed by atoms with Crippen LogP contribution in [-0.2, 0) is 4.79 Å². The van der Waals surface area contributed by atoms with Crippen molar-refractivity contribution in [3.05, 3.63) is 54.3 Å². The normalized spacial score (nSPS) is 13.8. The standard InChI is InChI=1S/C21H21FN4O2/c1-2-28-21-24-19(14-9-11-16(22)12-10-14)26(25-21)18-8-4-7-17(13-18)23-20(27)15-5-3-6-15/h4,7-13,15H,2-3,5-6H2,1H3,(H,23,27). The van der Waals surface area contributed by atoms with E-state index >= 15 is 0 Å². The number of hydrogen-bond acceptors (Lipinski definition) is 4.